The maximum absolute atomic E-state index is 14.9. The molecular weight excluding hydrogens is 630 g/mol. The van der Waals surface area contributed by atoms with Gasteiger partial charge in [-0.15, -0.1) is 0 Å². The Kier molecular flexibility index (Phi) is 10.7. The molecule has 4 fully saturated rings. The van der Waals surface area contributed by atoms with Gasteiger partial charge in [0.25, 0.3) is 0 Å². The van der Waals surface area contributed by atoms with E-state index in [0.29, 0.717) is 38.1 Å². The summed E-state index contributed by atoms with van der Waals surface area (Å²) in [7, 11) is 0. The summed E-state index contributed by atoms with van der Waals surface area (Å²) < 4.78 is 19.8. The van der Waals surface area contributed by atoms with Crippen LogP contribution in [0.15, 0.2) is 11.6 Å². The van der Waals surface area contributed by atoms with Crippen LogP contribution in [0.1, 0.15) is 128 Å². The number of allylic oxidation sites excluding steroid dienone is 1. The molecule has 0 amide bonds. The molecule has 0 aromatic carbocycles. The topological polar surface area (TPSA) is 111 Å². The molecule has 0 radical (unpaired) electrons. The van der Waals surface area contributed by atoms with E-state index in [9.17, 15) is 19.5 Å². The second-order valence-electron chi connectivity index (χ2n) is 19.2. The second kappa shape index (κ2) is 13.6. The summed E-state index contributed by atoms with van der Waals surface area (Å²) in [5.74, 6) is -1.06. The third-order valence-electron chi connectivity index (χ3n) is 16.2. The van der Waals surface area contributed by atoms with Gasteiger partial charge in [0.05, 0.1) is 25.7 Å². The van der Waals surface area contributed by atoms with E-state index >= 15 is 0 Å². The van der Waals surface area contributed by atoms with E-state index < -0.39 is 45.1 Å². The van der Waals surface area contributed by atoms with Crippen LogP contribution in [0.3, 0.4) is 0 Å². The minimum Gasteiger partial charge on any atom is -0.481 e. The molecule has 0 unspecified atom stereocenters. The van der Waals surface area contributed by atoms with Gasteiger partial charge in [-0.2, -0.15) is 0 Å². The Labute approximate surface area is 302 Å². The molecule has 284 valence electrons. The standard InChI is InChI=1S/C42H69NO7/c1-13-14-19-43-40(11,26(4)5)23-49-35-31(50-28(7)44)21-42-24-48-22-38(35,9)32(42)16-15-29-30(42)20-33(45)41(12)34(36(46)47)37(8,27(6)25(2)3)17-18-39(29,41)10/h20,25-27,29,31-32,34-35,43H,13-19,21-24H2,1-12H3,(H,46,47)/t27-,29+,31-,32+,34-,35+,37-,38-,39-,40-,41+,42+/m1/s1. The zero-order valence-electron chi connectivity index (χ0n) is 33.4. The minimum atomic E-state index is -1.05. The fourth-order valence-corrected chi connectivity index (χ4v) is 12.2. The van der Waals surface area contributed by atoms with Crippen LogP contribution in [-0.4, -0.2) is 66.9 Å². The molecule has 3 saturated carbocycles. The first-order chi connectivity index (χ1) is 23.2. The lowest BCUT2D eigenvalue weighted by molar-refractivity contribution is -0.268. The Balaban J connectivity index is 1.57. The van der Waals surface area contributed by atoms with E-state index in [1.807, 2.05) is 13.0 Å². The van der Waals surface area contributed by atoms with E-state index in [-0.39, 0.29) is 41.1 Å². The fourth-order valence-electron chi connectivity index (χ4n) is 12.2. The van der Waals surface area contributed by atoms with Crippen LogP contribution in [-0.2, 0) is 28.6 Å². The predicted molar refractivity (Wildman–Crippen MR) is 195 cm³/mol. The first kappa shape index (κ1) is 39.4. The normalized spacial score (nSPS) is 42.9. The summed E-state index contributed by atoms with van der Waals surface area (Å²) in [5.41, 5.74) is -2.19. The van der Waals surface area contributed by atoms with Gasteiger partial charge in [0.15, 0.2) is 5.78 Å². The lowest BCUT2D eigenvalue weighted by Crippen LogP contribution is -2.71. The number of ketones is 1. The van der Waals surface area contributed by atoms with Gasteiger partial charge >= 0.3 is 11.9 Å². The number of ether oxygens (including phenoxy) is 3. The maximum Gasteiger partial charge on any atom is 0.308 e. The zero-order chi connectivity index (χ0) is 37.2. The lowest BCUT2D eigenvalue weighted by atomic mass is 9.34. The minimum absolute atomic E-state index is 0.0376. The first-order valence-corrected chi connectivity index (χ1v) is 19.8. The third-order valence-corrected chi connectivity index (χ3v) is 16.2. The van der Waals surface area contributed by atoms with Crippen molar-refractivity contribution in [3.8, 4) is 0 Å². The van der Waals surface area contributed by atoms with Gasteiger partial charge in [0.1, 0.15) is 12.2 Å². The van der Waals surface area contributed by atoms with Crippen LogP contribution in [0.25, 0.3) is 0 Å². The third kappa shape index (κ3) is 5.75. The highest BCUT2D eigenvalue weighted by atomic mass is 16.6. The Hall–Kier alpha value is -1.77. The maximum atomic E-state index is 14.9. The highest BCUT2D eigenvalue weighted by molar-refractivity contribution is 6.00. The van der Waals surface area contributed by atoms with E-state index in [1.54, 1.807) is 0 Å². The number of carbonyl (C=O) groups excluding carboxylic acids is 2. The van der Waals surface area contributed by atoms with Gasteiger partial charge < -0.3 is 24.6 Å². The number of fused-ring (bicyclic) bond motifs is 3. The molecule has 0 spiro atoms. The predicted octanol–water partition coefficient (Wildman–Crippen LogP) is 7.88. The van der Waals surface area contributed by atoms with Crippen LogP contribution in [0.5, 0.6) is 0 Å². The number of carbonyl (C=O) groups is 3. The summed E-state index contributed by atoms with van der Waals surface area (Å²) in [6, 6.07) is 0. The second-order valence-corrected chi connectivity index (χ2v) is 19.2. The van der Waals surface area contributed by atoms with Gasteiger partial charge in [-0.3, -0.25) is 14.4 Å². The van der Waals surface area contributed by atoms with Crippen molar-refractivity contribution in [2.75, 3.05) is 26.4 Å². The van der Waals surface area contributed by atoms with Crippen molar-refractivity contribution in [3.63, 3.8) is 0 Å². The number of aliphatic carboxylic acids is 1. The van der Waals surface area contributed by atoms with Crippen molar-refractivity contribution in [1.82, 2.24) is 5.32 Å². The summed E-state index contributed by atoms with van der Waals surface area (Å²) >= 11 is 0. The van der Waals surface area contributed by atoms with Crippen molar-refractivity contribution in [2.24, 2.45) is 62.6 Å². The van der Waals surface area contributed by atoms with E-state index in [2.05, 4.69) is 74.6 Å². The summed E-state index contributed by atoms with van der Waals surface area (Å²) in [6.45, 7) is 27.8. The van der Waals surface area contributed by atoms with Gasteiger partial charge in [0.2, 0.25) is 0 Å². The van der Waals surface area contributed by atoms with Crippen LogP contribution in [0.4, 0.5) is 0 Å². The molecule has 50 heavy (non-hydrogen) atoms. The largest absolute Gasteiger partial charge is 0.481 e. The fraction of sp³-hybridized carbons (Fsp3) is 0.881. The van der Waals surface area contributed by atoms with E-state index in [1.165, 1.54) is 6.92 Å². The molecule has 1 saturated heterocycles. The number of carboxylic acid groups (broad SMARTS) is 1. The summed E-state index contributed by atoms with van der Waals surface area (Å²) in [5, 5.41) is 14.8. The van der Waals surface area contributed by atoms with Gasteiger partial charge in [-0.25, -0.2) is 0 Å². The molecule has 0 aromatic heterocycles. The number of carboxylic acids is 1. The van der Waals surface area contributed by atoms with Crippen LogP contribution in [0, 0.1) is 62.6 Å². The molecular formula is C42H69NO7. The van der Waals surface area contributed by atoms with Crippen molar-refractivity contribution in [1.29, 1.82) is 0 Å². The Morgan fingerprint density at radius 2 is 1.76 bits per heavy atom. The van der Waals surface area contributed by atoms with Crippen LogP contribution in [0.2, 0.25) is 0 Å². The summed E-state index contributed by atoms with van der Waals surface area (Å²) in [6.07, 6.45) is 7.14. The van der Waals surface area contributed by atoms with Crippen molar-refractivity contribution in [3.05, 3.63) is 11.6 Å². The molecule has 2 N–H and O–H groups in total. The molecule has 12 atom stereocenters. The lowest BCUT2D eigenvalue weighted by Gasteiger charge is -2.70. The van der Waals surface area contributed by atoms with E-state index in [4.69, 9.17) is 14.2 Å². The molecule has 0 aromatic rings. The molecule has 2 bridgehead atoms. The highest BCUT2D eigenvalue weighted by Crippen LogP contribution is 2.74. The number of nitrogens with one attached hydrogen (secondary N) is 1. The van der Waals surface area contributed by atoms with Gasteiger partial charge in [-0.05, 0) is 98.5 Å². The van der Waals surface area contributed by atoms with Crippen molar-refractivity contribution < 1.29 is 33.7 Å². The number of rotatable bonds is 12. The molecule has 8 heteroatoms. The monoisotopic (exact) mass is 700 g/mol. The number of hydrogen-bond donors (Lipinski definition) is 2. The average Bonchev–Trinajstić information content (AvgIpc) is 3.01. The Morgan fingerprint density at radius 3 is 2.34 bits per heavy atom. The highest BCUT2D eigenvalue weighted by Gasteiger charge is 2.74. The average molecular weight is 700 g/mol. The van der Waals surface area contributed by atoms with Crippen molar-refractivity contribution in [2.45, 2.75) is 146 Å². The zero-order valence-corrected chi connectivity index (χ0v) is 33.4. The van der Waals surface area contributed by atoms with Crippen LogP contribution < -0.4 is 5.32 Å². The first-order valence-electron chi connectivity index (χ1n) is 19.8. The number of hydrogen-bond acceptors (Lipinski definition) is 7. The molecule has 1 aliphatic heterocycles. The van der Waals surface area contributed by atoms with E-state index in [0.717, 1.165) is 50.6 Å². The SMILES string of the molecule is CCCCN[C@](C)(CO[C@H]1[C@H](OC(C)=O)C[C@@]23COC[C@]1(C)[C@@H]2CC[C@H]1C3=CC(=O)[C@@]2(C)[C@H](C(=O)O)[C@@](C)([C@H](C)C(C)C)CC[C@]12C)C(C)C. The number of unbranched alkanes of at least 4 members (excludes halogenated alkanes) is 1. The van der Waals surface area contributed by atoms with Gasteiger partial charge in [0, 0.05) is 28.7 Å². The summed E-state index contributed by atoms with van der Waals surface area (Å²) in [4.78, 5) is 41.1. The molecule has 5 aliphatic rings. The molecule has 4 aliphatic carbocycles. The molecule has 8 nitrogen and oxygen atoms in total. The Morgan fingerprint density at radius 1 is 1.08 bits per heavy atom. The van der Waals surface area contributed by atoms with Crippen molar-refractivity contribution >= 4 is 17.7 Å². The number of esters is 1. The molecule has 1 heterocycles. The quantitative estimate of drug-likeness (QED) is 0.156. The van der Waals surface area contributed by atoms with Crippen LogP contribution >= 0.6 is 0 Å². The smallest absolute Gasteiger partial charge is 0.308 e. The molecule has 5 rings (SSSR count). The Bertz CT molecular complexity index is 1360. The van der Waals surface area contributed by atoms with Gasteiger partial charge in [-0.1, -0.05) is 81.2 Å².